The lowest BCUT2D eigenvalue weighted by atomic mass is 10.1. The fourth-order valence-electron chi connectivity index (χ4n) is 2.41. The van der Waals surface area contributed by atoms with Gasteiger partial charge in [-0.05, 0) is 24.3 Å². The number of carbonyl (C=O) groups is 2. The van der Waals surface area contributed by atoms with Crippen LogP contribution in [-0.4, -0.2) is 27.8 Å². The molecule has 0 aliphatic carbocycles. The molecule has 1 aromatic heterocycles. The van der Waals surface area contributed by atoms with Crippen LogP contribution in [0.2, 0.25) is 5.02 Å². The second-order valence-corrected chi connectivity index (χ2v) is 5.87. The lowest BCUT2D eigenvalue weighted by Gasteiger charge is -2.15. The van der Waals surface area contributed by atoms with Gasteiger partial charge in [0.1, 0.15) is 6.04 Å². The summed E-state index contributed by atoms with van der Waals surface area (Å²) < 4.78 is 0. The summed E-state index contributed by atoms with van der Waals surface area (Å²) in [5.41, 5.74) is 7.72. The molecule has 6 nitrogen and oxygen atoms in total. The summed E-state index contributed by atoms with van der Waals surface area (Å²) in [4.78, 5) is 32.8. The fraction of sp³-hybridized carbons (Fsp3) is 0.111. The SMILES string of the molecule is NC(=O)[C@H](Cc1cnc2ccccc2n1)NC(=O)c1ccccc1Cl. The second-order valence-electron chi connectivity index (χ2n) is 5.46. The monoisotopic (exact) mass is 354 g/mol. The molecule has 3 aromatic rings. The molecule has 2 aromatic carbocycles. The van der Waals surface area contributed by atoms with Gasteiger partial charge < -0.3 is 11.1 Å². The summed E-state index contributed by atoms with van der Waals surface area (Å²) in [5.74, 6) is -1.13. The molecule has 0 saturated heterocycles. The first-order valence-electron chi connectivity index (χ1n) is 7.60. The molecule has 0 aliphatic heterocycles. The standard InChI is InChI=1S/C18H15ClN4O2/c19-13-6-2-1-5-12(13)18(25)23-16(17(20)24)9-11-10-21-14-7-3-4-8-15(14)22-11/h1-8,10,16H,9H2,(H2,20,24)(H,23,25)/t16-/m0/s1. The molecular weight excluding hydrogens is 340 g/mol. The van der Waals surface area contributed by atoms with Gasteiger partial charge in [-0.25, -0.2) is 4.98 Å². The molecule has 1 atom stereocenters. The molecule has 3 rings (SSSR count). The quantitative estimate of drug-likeness (QED) is 0.733. The lowest BCUT2D eigenvalue weighted by molar-refractivity contribution is -0.119. The summed E-state index contributed by atoms with van der Waals surface area (Å²) in [6.45, 7) is 0. The average molecular weight is 355 g/mol. The van der Waals surface area contributed by atoms with Crippen LogP contribution in [-0.2, 0) is 11.2 Å². The number of halogens is 1. The summed E-state index contributed by atoms with van der Waals surface area (Å²) in [7, 11) is 0. The van der Waals surface area contributed by atoms with Gasteiger partial charge in [-0.15, -0.1) is 0 Å². The summed E-state index contributed by atoms with van der Waals surface area (Å²) in [6.07, 6.45) is 1.71. The van der Waals surface area contributed by atoms with E-state index in [0.717, 1.165) is 5.52 Å². The zero-order chi connectivity index (χ0) is 17.8. The molecule has 2 amide bonds. The number of carbonyl (C=O) groups excluding carboxylic acids is 2. The molecule has 3 N–H and O–H groups in total. The van der Waals surface area contributed by atoms with Gasteiger partial charge in [-0.1, -0.05) is 35.9 Å². The normalized spacial score (nSPS) is 11.9. The highest BCUT2D eigenvalue weighted by atomic mass is 35.5. The van der Waals surface area contributed by atoms with E-state index >= 15 is 0 Å². The van der Waals surface area contributed by atoms with Crippen LogP contribution in [0.25, 0.3) is 11.0 Å². The molecule has 0 spiro atoms. The molecule has 0 bridgehead atoms. The summed E-state index contributed by atoms with van der Waals surface area (Å²) in [5, 5.41) is 2.90. The number of fused-ring (bicyclic) bond motifs is 1. The average Bonchev–Trinajstić information content (AvgIpc) is 2.61. The molecular formula is C18H15ClN4O2. The van der Waals surface area contributed by atoms with E-state index < -0.39 is 17.9 Å². The van der Waals surface area contributed by atoms with Crippen molar-refractivity contribution in [1.29, 1.82) is 0 Å². The Morgan fingerprint density at radius 2 is 1.76 bits per heavy atom. The van der Waals surface area contributed by atoms with Crippen LogP contribution >= 0.6 is 11.6 Å². The van der Waals surface area contributed by atoms with E-state index in [1.807, 2.05) is 24.3 Å². The van der Waals surface area contributed by atoms with Crippen molar-refractivity contribution in [3.8, 4) is 0 Å². The van der Waals surface area contributed by atoms with Crippen LogP contribution in [0.3, 0.4) is 0 Å². The third-order valence-corrected chi connectivity index (χ3v) is 4.01. The lowest BCUT2D eigenvalue weighted by Crippen LogP contribution is -2.46. The first kappa shape index (κ1) is 16.9. The van der Waals surface area contributed by atoms with E-state index in [2.05, 4.69) is 15.3 Å². The van der Waals surface area contributed by atoms with E-state index in [0.29, 0.717) is 16.2 Å². The van der Waals surface area contributed by atoms with Crippen molar-refractivity contribution in [2.75, 3.05) is 0 Å². The molecule has 126 valence electrons. The van der Waals surface area contributed by atoms with E-state index in [1.54, 1.807) is 30.5 Å². The minimum Gasteiger partial charge on any atom is -0.368 e. The van der Waals surface area contributed by atoms with Crippen molar-refractivity contribution in [3.05, 3.63) is 71.0 Å². The van der Waals surface area contributed by atoms with Gasteiger partial charge in [0.2, 0.25) is 5.91 Å². The highest BCUT2D eigenvalue weighted by molar-refractivity contribution is 6.33. The van der Waals surface area contributed by atoms with Crippen LogP contribution in [0.15, 0.2) is 54.7 Å². The van der Waals surface area contributed by atoms with Gasteiger partial charge in [0.05, 0.1) is 27.3 Å². The van der Waals surface area contributed by atoms with Gasteiger partial charge >= 0.3 is 0 Å². The number of nitrogens with one attached hydrogen (secondary N) is 1. The first-order chi connectivity index (χ1) is 12.0. The number of primary amides is 1. The number of aromatic nitrogens is 2. The Hall–Kier alpha value is -2.99. The molecule has 0 fully saturated rings. The van der Waals surface area contributed by atoms with Crippen LogP contribution in [0, 0.1) is 0 Å². The van der Waals surface area contributed by atoms with Crippen LogP contribution in [0.5, 0.6) is 0 Å². The largest absolute Gasteiger partial charge is 0.368 e. The highest BCUT2D eigenvalue weighted by Crippen LogP contribution is 2.15. The maximum atomic E-state index is 12.3. The van der Waals surface area contributed by atoms with Gasteiger partial charge in [-0.2, -0.15) is 0 Å². The molecule has 25 heavy (non-hydrogen) atoms. The highest BCUT2D eigenvalue weighted by Gasteiger charge is 2.21. The van der Waals surface area contributed by atoms with Crippen molar-refractivity contribution in [1.82, 2.24) is 15.3 Å². The number of nitrogens with zero attached hydrogens (tertiary/aromatic N) is 2. The van der Waals surface area contributed by atoms with E-state index in [-0.39, 0.29) is 12.0 Å². The molecule has 0 saturated carbocycles. The van der Waals surface area contributed by atoms with Gasteiger partial charge in [0, 0.05) is 12.6 Å². The Bertz CT molecular complexity index is 945. The molecule has 0 aliphatic rings. The van der Waals surface area contributed by atoms with Crippen molar-refractivity contribution in [2.24, 2.45) is 5.73 Å². The van der Waals surface area contributed by atoms with Gasteiger partial charge in [-0.3, -0.25) is 14.6 Å². The Morgan fingerprint density at radius 1 is 1.08 bits per heavy atom. The maximum absolute atomic E-state index is 12.3. The smallest absolute Gasteiger partial charge is 0.253 e. The topological polar surface area (TPSA) is 98.0 Å². The fourth-order valence-corrected chi connectivity index (χ4v) is 2.63. The summed E-state index contributed by atoms with van der Waals surface area (Å²) in [6, 6.07) is 13.1. The number of para-hydroxylation sites is 2. The van der Waals surface area contributed by atoms with Gasteiger partial charge in [0.15, 0.2) is 0 Å². The predicted octanol–water partition coefficient (Wildman–Crippen LogP) is 2.11. The summed E-state index contributed by atoms with van der Waals surface area (Å²) >= 11 is 6.01. The molecule has 7 heteroatoms. The van der Waals surface area contributed by atoms with Crippen molar-refractivity contribution in [3.63, 3.8) is 0 Å². The van der Waals surface area contributed by atoms with E-state index in [4.69, 9.17) is 17.3 Å². The Kier molecular flexibility index (Phi) is 4.90. The van der Waals surface area contributed by atoms with Gasteiger partial charge in [0.25, 0.3) is 5.91 Å². The zero-order valence-corrected chi connectivity index (χ0v) is 13.9. The number of hydrogen-bond acceptors (Lipinski definition) is 4. The maximum Gasteiger partial charge on any atom is 0.253 e. The zero-order valence-electron chi connectivity index (χ0n) is 13.1. The third-order valence-electron chi connectivity index (χ3n) is 3.68. The van der Waals surface area contributed by atoms with Crippen molar-refractivity contribution < 1.29 is 9.59 Å². The minimum atomic E-state index is -0.917. The van der Waals surface area contributed by atoms with Crippen molar-refractivity contribution >= 4 is 34.4 Å². The van der Waals surface area contributed by atoms with Crippen LogP contribution < -0.4 is 11.1 Å². The van der Waals surface area contributed by atoms with E-state index in [9.17, 15) is 9.59 Å². The Labute approximate surface area is 149 Å². The number of hydrogen-bond donors (Lipinski definition) is 2. The number of benzene rings is 2. The minimum absolute atomic E-state index is 0.142. The van der Waals surface area contributed by atoms with Crippen LogP contribution in [0.4, 0.5) is 0 Å². The molecule has 1 heterocycles. The Balaban J connectivity index is 1.80. The van der Waals surface area contributed by atoms with Crippen LogP contribution in [0.1, 0.15) is 16.1 Å². The van der Waals surface area contributed by atoms with E-state index in [1.165, 1.54) is 0 Å². The first-order valence-corrected chi connectivity index (χ1v) is 7.98. The second kappa shape index (κ2) is 7.27. The number of amides is 2. The third kappa shape index (κ3) is 3.92. The van der Waals surface area contributed by atoms with Crippen molar-refractivity contribution in [2.45, 2.75) is 12.5 Å². The molecule has 0 radical (unpaired) electrons. The molecule has 0 unspecified atom stereocenters. The Morgan fingerprint density at radius 3 is 2.48 bits per heavy atom. The number of rotatable bonds is 5. The predicted molar refractivity (Wildman–Crippen MR) is 95.1 cm³/mol. The number of nitrogens with two attached hydrogens (primary N) is 1.